The second kappa shape index (κ2) is 6.73. The number of hydrogen-bond acceptors (Lipinski definition) is 4. The Morgan fingerprint density at radius 1 is 1.22 bits per heavy atom. The van der Waals surface area contributed by atoms with Crippen LogP contribution >= 0.6 is 0 Å². The van der Waals surface area contributed by atoms with Crippen molar-refractivity contribution in [3.05, 3.63) is 29.8 Å². The van der Waals surface area contributed by atoms with Crippen molar-refractivity contribution in [2.75, 3.05) is 27.4 Å². The summed E-state index contributed by atoms with van der Waals surface area (Å²) in [6, 6.07) is 7.42. The number of aliphatic hydroxyl groups is 1. The minimum atomic E-state index is -1.10. The molecule has 4 heteroatoms. The molecule has 1 rings (SSSR count). The van der Waals surface area contributed by atoms with E-state index in [1.54, 1.807) is 21.1 Å². The third-order valence-electron chi connectivity index (χ3n) is 3.12. The van der Waals surface area contributed by atoms with Crippen molar-refractivity contribution in [2.45, 2.75) is 25.6 Å². The summed E-state index contributed by atoms with van der Waals surface area (Å²) in [6.07, 6.45) is -0.329. The SMILES string of the molecule is COCCOc1ccccc1C(C)(O)C(C)OC. The summed E-state index contributed by atoms with van der Waals surface area (Å²) < 4.78 is 15.8. The van der Waals surface area contributed by atoms with E-state index in [2.05, 4.69) is 0 Å². The van der Waals surface area contributed by atoms with E-state index in [4.69, 9.17) is 14.2 Å². The number of benzene rings is 1. The second-order valence-electron chi connectivity index (χ2n) is 4.36. The molecule has 2 atom stereocenters. The van der Waals surface area contributed by atoms with Gasteiger partial charge in [0, 0.05) is 19.8 Å². The van der Waals surface area contributed by atoms with Crippen LogP contribution in [0.15, 0.2) is 24.3 Å². The fourth-order valence-corrected chi connectivity index (χ4v) is 1.69. The van der Waals surface area contributed by atoms with E-state index in [0.29, 0.717) is 19.0 Å². The zero-order chi connectivity index (χ0) is 13.6. The van der Waals surface area contributed by atoms with E-state index in [1.807, 2.05) is 31.2 Å². The van der Waals surface area contributed by atoms with Gasteiger partial charge in [0.05, 0.1) is 12.7 Å². The second-order valence-corrected chi connectivity index (χ2v) is 4.36. The first-order chi connectivity index (χ1) is 8.54. The normalized spacial score (nSPS) is 16.1. The highest BCUT2D eigenvalue weighted by molar-refractivity contribution is 5.38. The summed E-state index contributed by atoms with van der Waals surface area (Å²) in [5, 5.41) is 10.6. The predicted octanol–water partition coefficient (Wildman–Crippen LogP) is 1.95. The minimum absolute atomic E-state index is 0.329. The lowest BCUT2D eigenvalue weighted by molar-refractivity contribution is -0.0785. The molecule has 102 valence electrons. The molecule has 0 saturated carbocycles. The van der Waals surface area contributed by atoms with E-state index >= 15 is 0 Å². The van der Waals surface area contributed by atoms with Gasteiger partial charge in [0.25, 0.3) is 0 Å². The van der Waals surface area contributed by atoms with Crippen molar-refractivity contribution in [3.63, 3.8) is 0 Å². The molecule has 0 aliphatic heterocycles. The van der Waals surface area contributed by atoms with E-state index in [-0.39, 0.29) is 6.10 Å². The summed E-state index contributed by atoms with van der Waals surface area (Å²) in [5.74, 6) is 0.656. The van der Waals surface area contributed by atoms with Crippen molar-refractivity contribution < 1.29 is 19.3 Å². The molecule has 0 radical (unpaired) electrons. The van der Waals surface area contributed by atoms with Crippen LogP contribution < -0.4 is 4.74 Å². The number of hydrogen-bond donors (Lipinski definition) is 1. The van der Waals surface area contributed by atoms with Gasteiger partial charge < -0.3 is 19.3 Å². The van der Waals surface area contributed by atoms with Crippen LogP contribution in [0.25, 0.3) is 0 Å². The maximum atomic E-state index is 10.6. The van der Waals surface area contributed by atoms with Gasteiger partial charge in [-0.25, -0.2) is 0 Å². The standard InChI is InChI=1S/C14H22O4/c1-11(17-4)14(2,15)12-7-5-6-8-13(12)18-10-9-16-3/h5-8,11,15H,9-10H2,1-4H3. The molecule has 0 spiro atoms. The molecule has 18 heavy (non-hydrogen) atoms. The maximum absolute atomic E-state index is 10.6. The highest BCUT2D eigenvalue weighted by atomic mass is 16.5. The Kier molecular flexibility index (Phi) is 5.59. The molecule has 0 amide bonds. The fourth-order valence-electron chi connectivity index (χ4n) is 1.69. The van der Waals surface area contributed by atoms with Gasteiger partial charge in [0.1, 0.15) is 18.0 Å². The van der Waals surface area contributed by atoms with Gasteiger partial charge in [-0.2, -0.15) is 0 Å². The largest absolute Gasteiger partial charge is 0.491 e. The van der Waals surface area contributed by atoms with Crippen LogP contribution in [0.4, 0.5) is 0 Å². The van der Waals surface area contributed by atoms with Crippen LogP contribution in [0.3, 0.4) is 0 Å². The fraction of sp³-hybridized carbons (Fsp3) is 0.571. The highest BCUT2D eigenvalue weighted by Crippen LogP contribution is 2.33. The number of methoxy groups -OCH3 is 2. The first kappa shape index (κ1) is 15.0. The zero-order valence-corrected chi connectivity index (χ0v) is 11.5. The van der Waals surface area contributed by atoms with Gasteiger partial charge >= 0.3 is 0 Å². The molecule has 2 unspecified atom stereocenters. The number of ether oxygens (including phenoxy) is 3. The van der Waals surface area contributed by atoms with E-state index in [1.165, 1.54) is 0 Å². The van der Waals surface area contributed by atoms with E-state index < -0.39 is 5.60 Å². The maximum Gasteiger partial charge on any atom is 0.125 e. The topological polar surface area (TPSA) is 47.9 Å². The van der Waals surface area contributed by atoms with Crippen molar-refractivity contribution in [1.82, 2.24) is 0 Å². The van der Waals surface area contributed by atoms with Gasteiger partial charge in [0.2, 0.25) is 0 Å². The summed E-state index contributed by atoms with van der Waals surface area (Å²) in [4.78, 5) is 0. The van der Waals surface area contributed by atoms with Crippen LogP contribution in [-0.2, 0) is 15.1 Å². The minimum Gasteiger partial charge on any atom is -0.491 e. The average Bonchev–Trinajstić information content (AvgIpc) is 2.38. The molecular formula is C14H22O4. The molecule has 0 bridgehead atoms. The Hall–Kier alpha value is -1.10. The van der Waals surface area contributed by atoms with Crippen molar-refractivity contribution in [2.24, 2.45) is 0 Å². The van der Waals surface area contributed by atoms with Gasteiger partial charge in [-0.3, -0.25) is 0 Å². The molecule has 0 fully saturated rings. The summed E-state index contributed by atoms with van der Waals surface area (Å²) in [6.45, 7) is 4.51. The molecular weight excluding hydrogens is 232 g/mol. The average molecular weight is 254 g/mol. The molecule has 0 saturated heterocycles. The Morgan fingerprint density at radius 2 is 1.89 bits per heavy atom. The van der Waals surface area contributed by atoms with Crippen LogP contribution in [0.5, 0.6) is 5.75 Å². The molecule has 4 nitrogen and oxygen atoms in total. The van der Waals surface area contributed by atoms with Crippen molar-refractivity contribution in [1.29, 1.82) is 0 Å². The third kappa shape index (κ3) is 3.45. The Bertz CT molecular complexity index is 363. The predicted molar refractivity (Wildman–Crippen MR) is 69.9 cm³/mol. The van der Waals surface area contributed by atoms with Gasteiger partial charge in [-0.05, 0) is 19.9 Å². The lowest BCUT2D eigenvalue weighted by Crippen LogP contribution is -2.36. The van der Waals surface area contributed by atoms with Gasteiger partial charge in [-0.1, -0.05) is 18.2 Å². The smallest absolute Gasteiger partial charge is 0.125 e. The Labute approximate surface area is 108 Å². The molecule has 1 aromatic carbocycles. The van der Waals surface area contributed by atoms with Crippen LogP contribution in [-0.4, -0.2) is 38.6 Å². The quantitative estimate of drug-likeness (QED) is 0.756. The van der Waals surface area contributed by atoms with E-state index in [0.717, 1.165) is 5.56 Å². The van der Waals surface area contributed by atoms with Gasteiger partial charge in [0.15, 0.2) is 0 Å². The monoisotopic (exact) mass is 254 g/mol. The van der Waals surface area contributed by atoms with Crippen LogP contribution in [0.2, 0.25) is 0 Å². The number of para-hydroxylation sites is 1. The zero-order valence-electron chi connectivity index (χ0n) is 11.5. The molecule has 1 N–H and O–H groups in total. The van der Waals surface area contributed by atoms with Crippen LogP contribution in [0, 0.1) is 0 Å². The van der Waals surface area contributed by atoms with Crippen LogP contribution in [0.1, 0.15) is 19.4 Å². The summed E-state index contributed by atoms with van der Waals surface area (Å²) in [7, 11) is 3.20. The lowest BCUT2D eigenvalue weighted by atomic mass is 9.90. The van der Waals surface area contributed by atoms with Crippen molar-refractivity contribution >= 4 is 0 Å². The third-order valence-corrected chi connectivity index (χ3v) is 3.12. The molecule has 0 heterocycles. The number of rotatable bonds is 7. The molecule has 0 aliphatic carbocycles. The van der Waals surface area contributed by atoms with Gasteiger partial charge in [-0.15, -0.1) is 0 Å². The molecule has 0 aromatic heterocycles. The summed E-state index contributed by atoms with van der Waals surface area (Å²) >= 11 is 0. The summed E-state index contributed by atoms with van der Waals surface area (Å²) in [5.41, 5.74) is -0.381. The molecule has 0 aliphatic rings. The first-order valence-electron chi connectivity index (χ1n) is 6.00. The van der Waals surface area contributed by atoms with E-state index in [9.17, 15) is 5.11 Å². The molecule has 1 aromatic rings. The highest BCUT2D eigenvalue weighted by Gasteiger charge is 2.33. The van der Waals surface area contributed by atoms with Crippen molar-refractivity contribution in [3.8, 4) is 5.75 Å². The first-order valence-corrected chi connectivity index (χ1v) is 6.00. The lowest BCUT2D eigenvalue weighted by Gasteiger charge is -2.31. The Morgan fingerprint density at radius 3 is 2.50 bits per heavy atom. The Balaban J connectivity index is 2.93.